The number of carbonyl (C=O) groups is 1. The number of nitrogens with one attached hydrogen (secondary N) is 2. The van der Waals surface area contributed by atoms with Crippen molar-refractivity contribution >= 4 is 12.1 Å². The summed E-state index contributed by atoms with van der Waals surface area (Å²) in [5.74, 6) is 1.55. The molecule has 0 aliphatic rings. The number of guanidine groups is 1. The first-order valence-electron chi connectivity index (χ1n) is 10.0. The van der Waals surface area contributed by atoms with Crippen molar-refractivity contribution in [2.75, 3.05) is 13.6 Å². The molecule has 30 heavy (non-hydrogen) atoms. The predicted octanol–water partition coefficient (Wildman–Crippen LogP) is 2.44. The number of nitrogens with zero attached hydrogens (tertiary/aromatic N) is 5. The van der Waals surface area contributed by atoms with Gasteiger partial charge in [0.1, 0.15) is 17.8 Å². The minimum atomic E-state index is -0.502. The summed E-state index contributed by atoms with van der Waals surface area (Å²) in [6, 6.07) is 8.05. The normalized spacial score (nSPS) is 11.9. The molecule has 0 bridgehead atoms. The van der Waals surface area contributed by atoms with Crippen LogP contribution in [0.5, 0.6) is 0 Å². The van der Waals surface area contributed by atoms with E-state index in [1.165, 1.54) is 6.33 Å². The molecule has 164 valence electrons. The van der Waals surface area contributed by atoms with Crippen molar-refractivity contribution in [3.63, 3.8) is 0 Å². The van der Waals surface area contributed by atoms with Gasteiger partial charge in [0, 0.05) is 27.2 Å². The quantitative estimate of drug-likeness (QED) is 0.533. The molecule has 0 atom stereocenters. The average Bonchev–Trinajstić information content (AvgIpc) is 3.08. The van der Waals surface area contributed by atoms with Crippen LogP contribution in [0.15, 0.2) is 35.6 Å². The third-order valence-corrected chi connectivity index (χ3v) is 4.13. The Bertz CT molecular complexity index is 838. The van der Waals surface area contributed by atoms with E-state index in [2.05, 4.69) is 25.7 Å². The highest BCUT2D eigenvalue weighted by Crippen LogP contribution is 2.12. The van der Waals surface area contributed by atoms with E-state index in [0.717, 1.165) is 23.5 Å². The molecular formula is C21H33N7O2. The molecule has 0 saturated heterocycles. The zero-order valence-corrected chi connectivity index (χ0v) is 18.8. The Morgan fingerprint density at radius 1 is 1.20 bits per heavy atom. The first kappa shape index (κ1) is 23.2. The number of benzene rings is 1. The molecule has 1 amide bonds. The summed E-state index contributed by atoms with van der Waals surface area (Å²) in [6.45, 7) is 9.93. The van der Waals surface area contributed by atoms with Crippen molar-refractivity contribution in [3.05, 3.63) is 47.5 Å². The van der Waals surface area contributed by atoms with Crippen molar-refractivity contribution in [2.24, 2.45) is 12.0 Å². The number of carbonyl (C=O) groups excluding carboxylic acids is 1. The van der Waals surface area contributed by atoms with E-state index in [1.807, 2.05) is 59.0 Å². The molecule has 0 saturated carbocycles. The average molecular weight is 416 g/mol. The van der Waals surface area contributed by atoms with Crippen molar-refractivity contribution in [2.45, 2.75) is 52.9 Å². The predicted molar refractivity (Wildman–Crippen MR) is 117 cm³/mol. The Balaban J connectivity index is 1.91. The van der Waals surface area contributed by atoms with Crippen molar-refractivity contribution < 1.29 is 9.53 Å². The topological polar surface area (TPSA) is 96.7 Å². The lowest BCUT2D eigenvalue weighted by Gasteiger charge is -2.24. The number of aliphatic imine (C=N–C) groups is 1. The van der Waals surface area contributed by atoms with Gasteiger partial charge in [0.15, 0.2) is 5.96 Å². The van der Waals surface area contributed by atoms with Crippen LogP contribution in [0.4, 0.5) is 4.79 Å². The lowest BCUT2D eigenvalue weighted by Crippen LogP contribution is -2.37. The van der Waals surface area contributed by atoms with Gasteiger partial charge in [-0.05, 0) is 38.8 Å². The Labute approximate surface area is 178 Å². The van der Waals surface area contributed by atoms with Gasteiger partial charge in [0.05, 0.1) is 13.1 Å². The lowest BCUT2D eigenvalue weighted by molar-refractivity contribution is 0.0285. The number of hydrogen-bond donors (Lipinski definition) is 2. The van der Waals surface area contributed by atoms with Gasteiger partial charge in [-0.2, -0.15) is 5.10 Å². The fourth-order valence-corrected chi connectivity index (χ4v) is 2.58. The van der Waals surface area contributed by atoms with Crippen LogP contribution in [0.3, 0.4) is 0 Å². The zero-order chi connectivity index (χ0) is 22.1. The van der Waals surface area contributed by atoms with E-state index in [1.54, 1.807) is 16.6 Å². The molecule has 1 heterocycles. The van der Waals surface area contributed by atoms with Gasteiger partial charge in [-0.3, -0.25) is 4.68 Å². The van der Waals surface area contributed by atoms with E-state index >= 15 is 0 Å². The summed E-state index contributed by atoms with van der Waals surface area (Å²) < 4.78 is 7.11. The van der Waals surface area contributed by atoms with Crippen LogP contribution in [0, 0.1) is 0 Å². The maximum atomic E-state index is 12.1. The van der Waals surface area contributed by atoms with E-state index in [0.29, 0.717) is 25.6 Å². The summed E-state index contributed by atoms with van der Waals surface area (Å²) in [6.07, 6.45) is 1.20. The number of hydrogen-bond acceptors (Lipinski definition) is 5. The van der Waals surface area contributed by atoms with Crippen molar-refractivity contribution in [3.8, 4) is 0 Å². The number of aryl methyl sites for hydroxylation is 1. The molecule has 1 aromatic heterocycles. The molecule has 9 nitrogen and oxygen atoms in total. The minimum absolute atomic E-state index is 0.333. The zero-order valence-electron chi connectivity index (χ0n) is 18.8. The largest absolute Gasteiger partial charge is 0.444 e. The van der Waals surface area contributed by atoms with Crippen LogP contribution in [-0.4, -0.2) is 50.9 Å². The molecule has 9 heteroatoms. The van der Waals surface area contributed by atoms with Crippen molar-refractivity contribution in [1.82, 2.24) is 30.3 Å². The van der Waals surface area contributed by atoms with Gasteiger partial charge in [-0.15, -0.1) is 0 Å². The van der Waals surface area contributed by atoms with Gasteiger partial charge >= 0.3 is 6.09 Å². The van der Waals surface area contributed by atoms with Gasteiger partial charge in [-0.25, -0.2) is 14.8 Å². The highest BCUT2D eigenvalue weighted by Gasteiger charge is 2.19. The molecule has 0 radical (unpaired) electrons. The smallest absolute Gasteiger partial charge is 0.410 e. The highest BCUT2D eigenvalue weighted by molar-refractivity contribution is 5.79. The molecule has 0 unspecified atom stereocenters. The number of ether oxygens (including phenoxy) is 1. The number of rotatable bonds is 7. The SMILES string of the molecule is CCNC(=NCc1ccc(CN(C)C(=O)OC(C)(C)C)cc1)NCc1ncnn1C. The maximum absolute atomic E-state index is 12.1. The van der Waals surface area contributed by atoms with Crippen LogP contribution < -0.4 is 10.6 Å². The molecular weight excluding hydrogens is 382 g/mol. The maximum Gasteiger partial charge on any atom is 0.410 e. The first-order valence-corrected chi connectivity index (χ1v) is 10.0. The Morgan fingerprint density at radius 3 is 2.43 bits per heavy atom. The Kier molecular flexibility index (Phi) is 8.20. The fraction of sp³-hybridized carbons (Fsp3) is 0.524. The third kappa shape index (κ3) is 7.73. The van der Waals surface area contributed by atoms with Crippen LogP contribution in [0.25, 0.3) is 0 Å². The standard InChI is InChI=1S/C21H33N7O2/c1-7-22-19(24-13-18-25-15-26-28(18)6)23-12-16-8-10-17(11-9-16)14-27(5)20(29)30-21(2,3)4/h8-11,15H,7,12-14H2,1-6H3,(H2,22,23,24). The molecule has 0 spiro atoms. The summed E-state index contributed by atoms with van der Waals surface area (Å²) in [5.41, 5.74) is 1.61. The second-order valence-electron chi connectivity index (χ2n) is 8.00. The molecule has 2 aromatic rings. The minimum Gasteiger partial charge on any atom is -0.444 e. The third-order valence-electron chi connectivity index (χ3n) is 4.13. The molecule has 1 aromatic carbocycles. The molecule has 2 rings (SSSR count). The van der Waals surface area contributed by atoms with Gasteiger partial charge < -0.3 is 20.3 Å². The van der Waals surface area contributed by atoms with Crippen LogP contribution in [0.1, 0.15) is 44.6 Å². The number of aromatic nitrogens is 3. The highest BCUT2D eigenvalue weighted by atomic mass is 16.6. The summed E-state index contributed by atoms with van der Waals surface area (Å²) >= 11 is 0. The monoisotopic (exact) mass is 415 g/mol. The van der Waals surface area contributed by atoms with Gasteiger partial charge in [0.25, 0.3) is 0 Å². The Hall–Kier alpha value is -3.10. The van der Waals surface area contributed by atoms with E-state index < -0.39 is 5.60 Å². The van der Waals surface area contributed by atoms with Crippen LogP contribution in [0.2, 0.25) is 0 Å². The Morgan fingerprint density at radius 2 is 1.87 bits per heavy atom. The van der Waals surface area contributed by atoms with Crippen molar-refractivity contribution in [1.29, 1.82) is 0 Å². The molecule has 0 fully saturated rings. The second-order valence-corrected chi connectivity index (χ2v) is 8.00. The number of amides is 1. The first-order chi connectivity index (χ1) is 14.2. The fourth-order valence-electron chi connectivity index (χ4n) is 2.58. The molecule has 2 N–H and O–H groups in total. The van der Waals surface area contributed by atoms with Gasteiger partial charge in [-0.1, -0.05) is 24.3 Å². The van der Waals surface area contributed by atoms with E-state index in [4.69, 9.17) is 4.74 Å². The van der Waals surface area contributed by atoms with Gasteiger partial charge in [0.2, 0.25) is 0 Å². The summed E-state index contributed by atoms with van der Waals surface area (Å²) in [7, 11) is 3.59. The summed E-state index contributed by atoms with van der Waals surface area (Å²) in [4.78, 5) is 22.5. The van der Waals surface area contributed by atoms with E-state index in [-0.39, 0.29) is 6.09 Å². The van der Waals surface area contributed by atoms with E-state index in [9.17, 15) is 4.79 Å². The second kappa shape index (κ2) is 10.6. The molecule has 0 aliphatic heterocycles. The molecule has 0 aliphatic carbocycles. The lowest BCUT2D eigenvalue weighted by atomic mass is 10.1. The van der Waals surface area contributed by atoms with Crippen LogP contribution in [-0.2, 0) is 31.4 Å². The van der Waals surface area contributed by atoms with Crippen LogP contribution >= 0.6 is 0 Å². The summed E-state index contributed by atoms with van der Waals surface area (Å²) in [5, 5.41) is 10.6.